The molecule has 2 heterocycles. The van der Waals surface area contributed by atoms with Crippen molar-refractivity contribution in [1.82, 2.24) is 14.9 Å². The van der Waals surface area contributed by atoms with Crippen molar-refractivity contribution in [2.24, 2.45) is 0 Å². The monoisotopic (exact) mass is 351 g/mol. The Labute approximate surface area is 149 Å². The molecule has 6 heteroatoms. The Morgan fingerprint density at radius 1 is 1.12 bits per heavy atom. The molecule has 132 valence electrons. The number of Topliss-reactive ketones (excluding diaryl/α,β-unsaturated/α-hetero) is 1. The number of aromatic amines is 1. The van der Waals surface area contributed by atoms with Gasteiger partial charge in [0, 0.05) is 12.1 Å². The molecule has 1 fully saturated rings. The topological polar surface area (TPSA) is 66.1 Å². The molecule has 1 aliphatic rings. The fraction of sp³-hybridized carbons (Fsp3) is 0.250. The van der Waals surface area contributed by atoms with Crippen LogP contribution in [0.3, 0.4) is 0 Å². The van der Waals surface area contributed by atoms with E-state index in [1.807, 2.05) is 0 Å². The van der Waals surface area contributed by atoms with Gasteiger partial charge in [0.25, 0.3) is 5.91 Å². The fourth-order valence-electron chi connectivity index (χ4n) is 3.46. The molecular formula is C20H18FN3O2. The van der Waals surface area contributed by atoms with Gasteiger partial charge in [-0.15, -0.1) is 0 Å². The molecule has 1 saturated heterocycles. The Hall–Kier alpha value is -3.02. The Morgan fingerprint density at radius 2 is 1.92 bits per heavy atom. The Kier molecular flexibility index (Phi) is 4.24. The van der Waals surface area contributed by atoms with Crippen molar-refractivity contribution in [3.63, 3.8) is 0 Å². The van der Waals surface area contributed by atoms with E-state index in [1.165, 1.54) is 12.1 Å². The lowest BCUT2D eigenvalue weighted by atomic mass is 10.00. The molecule has 3 aromatic rings. The summed E-state index contributed by atoms with van der Waals surface area (Å²) in [4.78, 5) is 34.6. The highest BCUT2D eigenvalue weighted by atomic mass is 19.1. The standard InChI is InChI=1S/C20H18FN3O2/c21-14-9-10-15-16(12-14)23-19(22-15)17-8-4-5-11-24(17)20(26)18(25)13-6-2-1-3-7-13/h1-3,6-7,9-10,12,17H,4-5,8,11H2,(H,22,23)/t17-/m1/s1. The highest BCUT2D eigenvalue weighted by Gasteiger charge is 2.33. The van der Waals surface area contributed by atoms with E-state index in [0.717, 1.165) is 19.3 Å². The zero-order valence-corrected chi connectivity index (χ0v) is 14.1. The molecule has 1 N–H and O–H groups in total. The number of H-pyrrole nitrogens is 1. The van der Waals surface area contributed by atoms with Gasteiger partial charge in [0.15, 0.2) is 0 Å². The summed E-state index contributed by atoms with van der Waals surface area (Å²) in [6.07, 6.45) is 2.51. The number of likely N-dealkylation sites (tertiary alicyclic amines) is 1. The summed E-state index contributed by atoms with van der Waals surface area (Å²) in [6.45, 7) is 0.507. The predicted molar refractivity (Wildman–Crippen MR) is 95.1 cm³/mol. The number of carbonyl (C=O) groups excluding carboxylic acids is 2. The summed E-state index contributed by atoms with van der Waals surface area (Å²) in [5.41, 5.74) is 1.62. The summed E-state index contributed by atoms with van der Waals surface area (Å²) in [6, 6.07) is 12.6. The number of nitrogens with zero attached hydrogens (tertiary/aromatic N) is 2. The maximum absolute atomic E-state index is 13.4. The number of nitrogens with one attached hydrogen (secondary N) is 1. The van der Waals surface area contributed by atoms with Gasteiger partial charge in [-0.3, -0.25) is 9.59 Å². The minimum absolute atomic E-state index is 0.306. The highest BCUT2D eigenvalue weighted by Crippen LogP contribution is 2.31. The molecule has 0 spiro atoms. The van der Waals surface area contributed by atoms with Crippen LogP contribution in [0.4, 0.5) is 4.39 Å². The van der Waals surface area contributed by atoms with E-state index >= 15 is 0 Å². The number of aromatic nitrogens is 2. The van der Waals surface area contributed by atoms with Gasteiger partial charge in [-0.25, -0.2) is 9.37 Å². The largest absolute Gasteiger partial charge is 0.340 e. The zero-order valence-electron chi connectivity index (χ0n) is 14.1. The van der Waals surface area contributed by atoms with Crippen molar-refractivity contribution in [2.75, 3.05) is 6.54 Å². The Morgan fingerprint density at radius 3 is 2.73 bits per heavy atom. The van der Waals surface area contributed by atoms with Gasteiger partial charge in [-0.05, 0) is 37.5 Å². The molecule has 1 aliphatic heterocycles. The first kappa shape index (κ1) is 16.4. The maximum atomic E-state index is 13.4. The number of carbonyl (C=O) groups is 2. The van der Waals surface area contributed by atoms with Crippen molar-refractivity contribution >= 4 is 22.7 Å². The second-order valence-electron chi connectivity index (χ2n) is 6.49. The molecule has 0 unspecified atom stereocenters. The van der Waals surface area contributed by atoms with Crippen LogP contribution in [0.5, 0.6) is 0 Å². The molecule has 4 rings (SSSR count). The molecule has 0 bridgehead atoms. The first-order valence-electron chi connectivity index (χ1n) is 8.69. The van der Waals surface area contributed by atoms with Crippen LogP contribution >= 0.6 is 0 Å². The maximum Gasteiger partial charge on any atom is 0.295 e. The molecule has 2 aromatic carbocycles. The lowest BCUT2D eigenvalue weighted by Crippen LogP contribution is -2.42. The minimum atomic E-state index is -0.521. The summed E-state index contributed by atoms with van der Waals surface area (Å²) in [5.74, 6) is -0.782. The molecule has 1 aromatic heterocycles. The van der Waals surface area contributed by atoms with Crippen LogP contribution in [0.2, 0.25) is 0 Å². The summed E-state index contributed by atoms with van der Waals surface area (Å²) in [5, 5.41) is 0. The number of ketones is 1. The average molecular weight is 351 g/mol. The van der Waals surface area contributed by atoms with Crippen molar-refractivity contribution in [1.29, 1.82) is 0 Å². The van der Waals surface area contributed by atoms with E-state index in [0.29, 0.717) is 29.0 Å². The normalized spacial score (nSPS) is 17.4. The van der Waals surface area contributed by atoms with Gasteiger partial charge >= 0.3 is 0 Å². The molecule has 0 radical (unpaired) electrons. The highest BCUT2D eigenvalue weighted by molar-refractivity contribution is 6.42. The molecule has 5 nitrogen and oxygen atoms in total. The van der Waals surface area contributed by atoms with Gasteiger partial charge in [-0.2, -0.15) is 0 Å². The number of amides is 1. The van der Waals surface area contributed by atoms with Gasteiger partial charge in [0.2, 0.25) is 5.78 Å². The number of fused-ring (bicyclic) bond motifs is 1. The second-order valence-corrected chi connectivity index (χ2v) is 6.49. The number of hydrogen-bond acceptors (Lipinski definition) is 3. The van der Waals surface area contributed by atoms with Crippen LogP contribution in [-0.2, 0) is 4.79 Å². The number of hydrogen-bond donors (Lipinski definition) is 1. The van der Waals surface area contributed by atoms with Crippen molar-refractivity contribution in [3.05, 3.63) is 65.7 Å². The van der Waals surface area contributed by atoms with Crippen LogP contribution in [0, 0.1) is 5.82 Å². The minimum Gasteiger partial charge on any atom is -0.340 e. The third-order valence-electron chi connectivity index (χ3n) is 4.77. The van der Waals surface area contributed by atoms with Crippen LogP contribution in [0.1, 0.15) is 41.5 Å². The molecule has 1 amide bonds. The van der Waals surface area contributed by atoms with E-state index < -0.39 is 11.7 Å². The molecule has 1 atom stereocenters. The van der Waals surface area contributed by atoms with E-state index in [-0.39, 0.29) is 11.9 Å². The zero-order chi connectivity index (χ0) is 18.1. The van der Waals surface area contributed by atoms with Gasteiger partial charge < -0.3 is 9.88 Å². The number of imidazole rings is 1. The first-order chi connectivity index (χ1) is 12.6. The number of piperidine rings is 1. The van der Waals surface area contributed by atoms with Crippen LogP contribution in [0.15, 0.2) is 48.5 Å². The summed E-state index contributed by atoms with van der Waals surface area (Å²) in [7, 11) is 0. The molecule has 0 aliphatic carbocycles. The van der Waals surface area contributed by atoms with Crippen molar-refractivity contribution < 1.29 is 14.0 Å². The predicted octanol–water partition coefficient (Wildman–Crippen LogP) is 3.64. The number of halogens is 1. The third-order valence-corrected chi connectivity index (χ3v) is 4.77. The number of rotatable bonds is 3. The summed E-state index contributed by atoms with van der Waals surface area (Å²) >= 11 is 0. The quantitative estimate of drug-likeness (QED) is 0.579. The van der Waals surface area contributed by atoms with Gasteiger partial charge in [0.1, 0.15) is 11.6 Å². The molecular weight excluding hydrogens is 333 g/mol. The van der Waals surface area contributed by atoms with Crippen LogP contribution < -0.4 is 0 Å². The van der Waals surface area contributed by atoms with E-state index in [9.17, 15) is 14.0 Å². The first-order valence-corrected chi connectivity index (χ1v) is 8.69. The van der Waals surface area contributed by atoms with Crippen molar-refractivity contribution in [3.8, 4) is 0 Å². The lowest BCUT2D eigenvalue weighted by Gasteiger charge is -2.34. The van der Waals surface area contributed by atoms with Crippen LogP contribution in [0.25, 0.3) is 11.0 Å². The fourth-order valence-corrected chi connectivity index (χ4v) is 3.46. The molecule has 0 saturated carbocycles. The number of benzene rings is 2. The Balaban J connectivity index is 1.65. The third kappa shape index (κ3) is 2.98. The lowest BCUT2D eigenvalue weighted by molar-refractivity contribution is -0.130. The van der Waals surface area contributed by atoms with E-state index in [4.69, 9.17) is 0 Å². The second kappa shape index (κ2) is 6.71. The van der Waals surface area contributed by atoms with Gasteiger partial charge in [0.05, 0.1) is 17.1 Å². The van der Waals surface area contributed by atoms with E-state index in [2.05, 4.69) is 9.97 Å². The van der Waals surface area contributed by atoms with Crippen LogP contribution in [-0.4, -0.2) is 33.1 Å². The van der Waals surface area contributed by atoms with E-state index in [1.54, 1.807) is 41.3 Å². The SMILES string of the molecule is O=C(C(=O)N1CCCC[C@@H]1c1nc2ccc(F)cc2[nH]1)c1ccccc1. The molecule has 26 heavy (non-hydrogen) atoms. The smallest absolute Gasteiger partial charge is 0.295 e. The Bertz CT molecular complexity index is 968. The van der Waals surface area contributed by atoms with Crippen molar-refractivity contribution in [2.45, 2.75) is 25.3 Å². The average Bonchev–Trinajstić information content (AvgIpc) is 3.10. The summed E-state index contributed by atoms with van der Waals surface area (Å²) < 4.78 is 13.4. The van der Waals surface area contributed by atoms with Gasteiger partial charge in [-0.1, -0.05) is 30.3 Å².